The van der Waals surface area contributed by atoms with Gasteiger partial charge < -0.3 is 0 Å². The Morgan fingerprint density at radius 2 is 2.00 bits per heavy atom. The standard InChI is InChI=1S/C19H17Br2N5/c1-13-4-3-5-17(23-13)10-22-24-14(2)19-18(21)12-26(25-19)11-15-6-8-16(20)9-7-15/h3-10,12,24H,2,11H2,1H3/b22-10+. The van der Waals surface area contributed by atoms with E-state index in [1.54, 1.807) is 6.21 Å². The molecule has 26 heavy (non-hydrogen) atoms. The highest BCUT2D eigenvalue weighted by Crippen LogP contribution is 2.21. The zero-order valence-electron chi connectivity index (χ0n) is 14.2. The molecule has 0 aliphatic heterocycles. The Balaban J connectivity index is 1.66. The lowest BCUT2D eigenvalue weighted by molar-refractivity contribution is 0.682. The van der Waals surface area contributed by atoms with Gasteiger partial charge in [0.15, 0.2) is 0 Å². The molecule has 0 amide bonds. The highest BCUT2D eigenvalue weighted by Gasteiger charge is 2.10. The SMILES string of the molecule is C=C(N/N=C/c1cccc(C)n1)c1nn(Cc2ccc(Br)cc2)cc1Br. The molecule has 0 atom stereocenters. The van der Waals surface area contributed by atoms with E-state index in [2.05, 4.69) is 71.2 Å². The van der Waals surface area contributed by atoms with Gasteiger partial charge in [-0.05, 0) is 52.7 Å². The van der Waals surface area contributed by atoms with Crippen molar-refractivity contribution >= 4 is 43.8 Å². The number of benzene rings is 1. The van der Waals surface area contributed by atoms with Crippen molar-refractivity contribution in [2.45, 2.75) is 13.5 Å². The Labute approximate surface area is 169 Å². The van der Waals surface area contributed by atoms with Crippen LogP contribution >= 0.6 is 31.9 Å². The van der Waals surface area contributed by atoms with Crippen LogP contribution in [-0.2, 0) is 6.54 Å². The van der Waals surface area contributed by atoms with Gasteiger partial charge in [-0.2, -0.15) is 10.2 Å². The lowest BCUT2D eigenvalue weighted by atomic mass is 10.2. The van der Waals surface area contributed by atoms with Crippen molar-refractivity contribution in [2.75, 3.05) is 0 Å². The summed E-state index contributed by atoms with van der Waals surface area (Å²) >= 11 is 6.98. The summed E-state index contributed by atoms with van der Waals surface area (Å²) in [5.41, 5.74) is 7.13. The van der Waals surface area contributed by atoms with Crippen molar-refractivity contribution in [3.05, 3.63) is 86.8 Å². The van der Waals surface area contributed by atoms with Crippen molar-refractivity contribution in [1.82, 2.24) is 20.2 Å². The predicted octanol–water partition coefficient (Wildman–Crippen LogP) is 4.75. The maximum Gasteiger partial charge on any atom is 0.124 e. The zero-order valence-corrected chi connectivity index (χ0v) is 17.3. The topological polar surface area (TPSA) is 55.1 Å². The van der Waals surface area contributed by atoms with E-state index in [9.17, 15) is 0 Å². The van der Waals surface area contributed by atoms with Crippen LogP contribution < -0.4 is 5.43 Å². The van der Waals surface area contributed by atoms with E-state index in [0.717, 1.165) is 31.6 Å². The molecule has 0 saturated heterocycles. The maximum atomic E-state index is 4.57. The summed E-state index contributed by atoms with van der Waals surface area (Å²) in [6, 6.07) is 13.9. The minimum atomic E-state index is 0.607. The van der Waals surface area contributed by atoms with Gasteiger partial charge in [0, 0.05) is 16.4 Å². The van der Waals surface area contributed by atoms with E-state index in [0.29, 0.717) is 12.2 Å². The Kier molecular flexibility index (Phi) is 6.00. The fraction of sp³-hybridized carbons (Fsp3) is 0.105. The molecular formula is C19H17Br2N5. The molecule has 0 radical (unpaired) electrons. The third-order valence-electron chi connectivity index (χ3n) is 3.57. The molecule has 2 aromatic heterocycles. The number of halogens is 2. The van der Waals surface area contributed by atoms with Crippen molar-refractivity contribution < 1.29 is 0 Å². The van der Waals surface area contributed by atoms with Crippen LogP contribution in [-0.4, -0.2) is 21.0 Å². The summed E-state index contributed by atoms with van der Waals surface area (Å²) in [6.07, 6.45) is 3.58. The lowest BCUT2D eigenvalue weighted by Crippen LogP contribution is -2.07. The minimum absolute atomic E-state index is 0.607. The number of hydrogen-bond donors (Lipinski definition) is 1. The van der Waals surface area contributed by atoms with Crippen LogP contribution in [0.2, 0.25) is 0 Å². The first-order chi connectivity index (χ1) is 12.5. The van der Waals surface area contributed by atoms with Gasteiger partial charge in [0.1, 0.15) is 5.69 Å². The molecule has 0 aliphatic carbocycles. The monoisotopic (exact) mass is 473 g/mol. The first-order valence-corrected chi connectivity index (χ1v) is 9.49. The summed E-state index contributed by atoms with van der Waals surface area (Å²) in [5, 5.41) is 8.76. The summed E-state index contributed by atoms with van der Waals surface area (Å²) in [5.74, 6) is 0. The zero-order chi connectivity index (χ0) is 18.5. The minimum Gasteiger partial charge on any atom is -0.277 e. The number of aryl methyl sites for hydroxylation is 1. The number of aromatic nitrogens is 3. The second kappa shape index (κ2) is 8.42. The van der Waals surface area contributed by atoms with E-state index < -0.39 is 0 Å². The first-order valence-electron chi connectivity index (χ1n) is 7.90. The van der Waals surface area contributed by atoms with E-state index in [1.807, 2.05) is 48.1 Å². The van der Waals surface area contributed by atoms with Gasteiger partial charge in [0.05, 0.1) is 28.6 Å². The van der Waals surface area contributed by atoms with Crippen LogP contribution in [0.15, 0.2) is 69.3 Å². The molecule has 1 N–H and O–H groups in total. The molecule has 0 unspecified atom stereocenters. The van der Waals surface area contributed by atoms with Gasteiger partial charge in [-0.1, -0.05) is 40.7 Å². The molecule has 132 valence electrons. The van der Waals surface area contributed by atoms with Crippen molar-refractivity contribution in [2.24, 2.45) is 5.10 Å². The molecule has 3 aromatic rings. The van der Waals surface area contributed by atoms with Gasteiger partial charge in [-0.15, -0.1) is 0 Å². The normalized spacial score (nSPS) is 11.0. The Hall–Kier alpha value is -2.25. The molecular weight excluding hydrogens is 458 g/mol. The third kappa shape index (κ3) is 4.89. The average molecular weight is 475 g/mol. The van der Waals surface area contributed by atoms with E-state index in [4.69, 9.17) is 0 Å². The molecule has 2 heterocycles. The van der Waals surface area contributed by atoms with Crippen LogP contribution in [0.25, 0.3) is 5.70 Å². The molecule has 0 saturated carbocycles. The maximum absolute atomic E-state index is 4.57. The number of nitrogens with one attached hydrogen (secondary N) is 1. The Morgan fingerprint density at radius 3 is 2.73 bits per heavy atom. The molecule has 3 rings (SSSR count). The molecule has 7 heteroatoms. The van der Waals surface area contributed by atoms with Gasteiger partial charge in [0.25, 0.3) is 0 Å². The summed E-state index contributed by atoms with van der Waals surface area (Å²) in [7, 11) is 0. The van der Waals surface area contributed by atoms with Crippen molar-refractivity contribution in [3.8, 4) is 0 Å². The van der Waals surface area contributed by atoms with Gasteiger partial charge in [-0.25, -0.2) is 0 Å². The number of nitrogens with zero attached hydrogens (tertiary/aromatic N) is 4. The summed E-state index contributed by atoms with van der Waals surface area (Å²) in [6.45, 7) is 6.63. The summed E-state index contributed by atoms with van der Waals surface area (Å²) in [4.78, 5) is 4.37. The third-order valence-corrected chi connectivity index (χ3v) is 4.68. The van der Waals surface area contributed by atoms with E-state index >= 15 is 0 Å². The lowest BCUT2D eigenvalue weighted by Gasteiger charge is -2.03. The number of rotatable bonds is 6. The van der Waals surface area contributed by atoms with Crippen LogP contribution in [0, 0.1) is 6.92 Å². The van der Waals surface area contributed by atoms with Gasteiger partial charge >= 0.3 is 0 Å². The second-order valence-electron chi connectivity index (χ2n) is 5.70. The van der Waals surface area contributed by atoms with Crippen molar-refractivity contribution in [1.29, 1.82) is 0 Å². The first kappa shape index (κ1) is 18.5. The van der Waals surface area contributed by atoms with Crippen LogP contribution in [0.4, 0.5) is 0 Å². The highest BCUT2D eigenvalue weighted by atomic mass is 79.9. The molecule has 0 fully saturated rings. The quantitative estimate of drug-likeness (QED) is 0.414. The largest absolute Gasteiger partial charge is 0.277 e. The molecule has 0 aliphatic rings. The number of hydrogen-bond acceptors (Lipinski definition) is 4. The smallest absolute Gasteiger partial charge is 0.124 e. The fourth-order valence-corrected chi connectivity index (χ4v) is 3.14. The molecule has 1 aromatic carbocycles. The van der Waals surface area contributed by atoms with Gasteiger partial charge in [0.2, 0.25) is 0 Å². The Bertz CT molecular complexity index is 945. The van der Waals surface area contributed by atoms with Crippen LogP contribution in [0.1, 0.15) is 22.6 Å². The number of hydrazone groups is 1. The van der Waals surface area contributed by atoms with Crippen LogP contribution in [0.3, 0.4) is 0 Å². The fourth-order valence-electron chi connectivity index (χ4n) is 2.32. The van der Waals surface area contributed by atoms with E-state index in [-0.39, 0.29) is 0 Å². The molecule has 0 spiro atoms. The van der Waals surface area contributed by atoms with Crippen molar-refractivity contribution in [3.63, 3.8) is 0 Å². The summed E-state index contributed by atoms with van der Waals surface area (Å²) < 4.78 is 3.78. The number of pyridine rings is 1. The predicted molar refractivity (Wildman–Crippen MR) is 112 cm³/mol. The molecule has 0 bridgehead atoms. The molecule has 5 nitrogen and oxygen atoms in total. The Morgan fingerprint density at radius 1 is 1.23 bits per heavy atom. The second-order valence-corrected chi connectivity index (χ2v) is 7.47. The van der Waals surface area contributed by atoms with Crippen LogP contribution in [0.5, 0.6) is 0 Å². The van der Waals surface area contributed by atoms with Gasteiger partial charge in [-0.3, -0.25) is 15.1 Å². The highest BCUT2D eigenvalue weighted by molar-refractivity contribution is 9.10. The average Bonchev–Trinajstić information content (AvgIpc) is 2.97. The van der Waals surface area contributed by atoms with E-state index in [1.165, 1.54) is 0 Å².